The van der Waals surface area contributed by atoms with Crippen LogP contribution in [0.4, 0.5) is 0 Å². The summed E-state index contributed by atoms with van der Waals surface area (Å²) in [7, 11) is -4.11. The highest BCUT2D eigenvalue weighted by Crippen LogP contribution is 2.32. The van der Waals surface area contributed by atoms with Crippen molar-refractivity contribution in [2.75, 3.05) is 12.9 Å². The third-order valence-electron chi connectivity index (χ3n) is 2.11. The van der Waals surface area contributed by atoms with Gasteiger partial charge in [-0.25, -0.2) is 8.42 Å². The summed E-state index contributed by atoms with van der Waals surface area (Å²) in [5, 5.41) is 33.7. The van der Waals surface area contributed by atoms with E-state index in [2.05, 4.69) is 4.74 Å². The zero-order chi connectivity index (χ0) is 11.1. The van der Waals surface area contributed by atoms with E-state index in [1.807, 2.05) is 0 Å². The van der Waals surface area contributed by atoms with Gasteiger partial charge in [-0.2, -0.15) is 0 Å². The Morgan fingerprint density at radius 2 is 1.93 bits per heavy atom. The smallest absolute Gasteiger partial charge is 0.301 e. The molecular formula is C6H12O7S. The first kappa shape index (κ1) is 11.8. The van der Waals surface area contributed by atoms with Crippen LogP contribution < -0.4 is 0 Å². The lowest BCUT2D eigenvalue weighted by atomic mass is 10.1. The van der Waals surface area contributed by atoms with Crippen LogP contribution in [0.25, 0.3) is 0 Å². The zero-order valence-electron chi connectivity index (χ0n) is 7.36. The summed E-state index contributed by atoms with van der Waals surface area (Å²) in [6.07, 6.45) is -4.29. The van der Waals surface area contributed by atoms with E-state index >= 15 is 0 Å². The van der Waals surface area contributed by atoms with Crippen LogP contribution >= 0.6 is 0 Å². The van der Waals surface area contributed by atoms with Gasteiger partial charge in [0.2, 0.25) is 9.84 Å². The van der Waals surface area contributed by atoms with E-state index in [0.29, 0.717) is 6.26 Å². The summed E-state index contributed by atoms with van der Waals surface area (Å²) in [6.45, 7) is -0.698. The molecule has 1 rings (SSSR count). The minimum absolute atomic E-state index is 0.655. The summed E-state index contributed by atoms with van der Waals surface area (Å²) in [5.74, 6) is 0. The molecule has 84 valence electrons. The van der Waals surface area contributed by atoms with Crippen LogP contribution in [0, 0.1) is 0 Å². The minimum atomic E-state index is -4.11. The average Bonchev–Trinajstić information content (AvgIpc) is 2.29. The van der Waals surface area contributed by atoms with Crippen molar-refractivity contribution in [3.05, 3.63) is 0 Å². The minimum Gasteiger partial charge on any atom is -0.394 e. The maximum Gasteiger partial charge on any atom is 0.301 e. The first-order chi connectivity index (χ1) is 6.24. The Bertz CT molecular complexity index is 312. The van der Waals surface area contributed by atoms with Crippen molar-refractivity contribution in [1.82, 2.24) is 0 Å². The normalized spacial score (nSPS) is 44.2. The lowest BCUT2D eigenvalue weighted by molar-refractivity contribution is -0.168. The van der Waals surface area contributed by atoms with Crippen molar-refractivity contribution in [3.8, 4) is 0 Å². The topological polar surface area (TPSA) is 124 Å². The second kappa shape index (κ2) is 3.40. The van der Waals surface area contributed by atoms with Gasteiger partial charge in [0.25, 0.3) is 0 Å². The van der Waals surface area contributed by atoms with E-state index in [4.69, 9.17) is 5.11 Å². The molecule has 0 aromatic heterocycles. The molecule has 0 amide bonds. The van der Waals surface area contributed by atoms with Gasteiger partial charge >= 0.3 is 5.12 Å². The highest BCUT2D eigenvalue weighted by Gasteiger charge is 2.59. The van der Waals surface area contributed by atoms with Gasteiger partial charge < -0.3 is 25.2 Å². The fourth-order valence-electron chi connectivity index (χ4n) is 1.23. The van der Waals surface area contributed by atoms with E-state index in [0.717, 1.165) is 0 Å². The first-order valence-corrected chi connectivity index (χ1v) is 5.70. The Morgan fingerprint density at radius 3 is 2.14 bits per heavy atom. The van der Waals surface area contributed by atoms with Crippen molar-refractivity contribution in [3.63, 3.8) is 0 Å². The Hall–Kier alpha value is -0.250. The third kappa shape index (κ3) is 1.53. The summed E-state index contributed by atoms with van der Waals surface area (Å²) >= 11 is 0. The zero-order valence-corrected chi connectivity index (χ0v) is 8.18. The van der Waals surface area contributed by atoms with Crippen LogP contribution in [0.1, 0.15) is 0 Å². The van der Waals surface area contributed by atoms with Gasteiger partial charge in [0.15, 0.2) is 6.10 Å². The molecule has 1 aliphatic heterocycles. The van der Waals surface area contributed by atoms with Gasteiger partial charge in [-0.3, -0.25) is 0 Å². The van der Waals surface area contributed by atoms with Crippen molar-refractivity contribution in [2.24, 2.45) is 0 Å². The number of aliphatic hydroxyl groups is 4. The maximum absolute atomic E-state index is 11.0. The van der Waals surface area contributed by atoms with Crippen LogP contribution in [0.2, 0.25) is 0 Å². The number of sulfone groups is 1. The average molecular weight is 228 g/mol. The van der Waals surface area contributed by atoms with Gasteiger partial charge in [-0.15, -0.1) is 0 Å². The second-order valence-electron chi connectivity index (χ2n) is 3.18. The second-order valence-corrected chi connectivity index (χ2v) is 5.31. The predicted octanol–water partition coefficient (Wildman–Crippen LogP) is -3.21. The van der Waals surface area contributed by atoms with Gasteiger partial charge in [-0.1, -0.05) is 0 Å². The molecule has 4 atom stereocenters. The first-order valence-electron chi connectivity index (χ1n) is 3.81. The molecule has 7 nitrogen and oxygen atoms in total. The van der Waals surface area contributed by atoms with Crippen molar-refractivity contribution < 1.29 is 33.6 Å². The molecule has 0 unspecified atom stereocenters. The molecule has 0 saturated carbocycles. The molecule has 0 bridgehead atoms. The van der Waals surface area contributed by atoms with Gasteiger partial charge in [0, 0.05) is 6.26 Å². The van der Waals surface area contributed by atoms with E-state index in [9.17, 15) is 23.7 Å². The highest BCUT2D eigenvalue weighted by atomic mass is 32.2. The van der Waals surface area contributed by atoms with E-state index in [1.165, 1.54) is 0 Å². The fraction of sp³-hybridized carbons (Fsp3) is 1.00. The molecular weight excluding hydrogens is 216 g/mol. The summed E-state index contributed by atoms with van der Waals surface area (Å²) < 4.78 is 26.6. The number of hydrogen-bond acceptors (Lipinski definition) is 7. The molecule has 0 aromatic carbocycles. The van der Waals surface area contributed by atoms with Crippen molar-refractivity contribution in [2.45, 2.75) is 23.4 Å². The maximum atomic E-state index is 11.0. The molecule has 1 fully saturated rings. The highest BCUT2D eigenvalue weighted by molar-refractivity contribution is 7.91. The summed E-state index contributed by atoms with van der Waals surface area (Å²) in [6, 6.07) is 0. The van der Waals surface area contributed by atoms with Crippen LogP contribution in [-0.2, 0) is 14.6 Å². The molecule has 8 heteroatoms. The standard InChI is InChI=1S/C6H12O7S/c1-14(11,12)6(10)5(9)4(8)3(2-7)13-6/h3-5,7-10H,2H2,1H3/t3-,4-,5-,6+/m1/s1. The SMILES string of the molecule is CS(=O)(=O)[C@@]1(O)O[C@H](CO)[C@@H](O)[C@H]1O. The predicted molar refractivity (Wildman–Crippen MR) is 43.8 cm³/mol. The Morgan fingerprint density at radius 1 is 1.43 bits per heavy atom. The molecule has 0 aromatic rings. The Labute approximate surface area is 80.5 Å². The van der Waals surface area contributed by atoms with Gasteiger partial charge in [0.1, 0.15) is 12.2 Å². The lowest BCUT2D eigenvalue weighted by Gasteiger charge is -2.23. The summed E-state index contributed by atoms with van der Waals surface area (Å²) in [4.78, 5) is 0. The molecule has 0 spiro atoms. The van der Waals surface area contributed by atoms with E-state index < -0.39 is 39.9 Å². The Balaban J connectivity index is 3.06. The molecule has 4 N–H and O–H groups in total. The molecule has 1 saturated heterocycles. The molecule has 14 heavy (non-hydrogen) atoms. The van der Waals surface area contributed by atoms with Crippen molar-refractivity contribution in [1.29, 1.82) is 0 Å². The quantitative estimate of drug-likeness (QED) is 0.392. The Kier molecular flexibility index (Phi) is 2.87. The van der Waals surface area contributed by atoms with Gasteiger partial charge in [-0.05, 0) is 0 Å². The van der Waals surface area contributed by atoms with Crippen LogP contribution in [-0.4, -0.2) is 65.1 Å². The fourth-order valence-corrected chi connectivity index (χ4v) is 2.10. The van der Waals surface area contributed by atoms with E-state index in [-0.39, 0.29) is 0 Å². The number of rotatable bonds is 2. The van der Waals surface area contributed by atoms with Crippen molar-refractivity contribution >= 4 is 9.84 Å². The lowest BCUT2D eigenvalue weighted by Crippen LogP contribution is -2.49. The number of hydrogen-bond donors (Lipinski definition) is 4. The van der Waals surface area contributed by atoms with Crippen LogP contribution in [0.15, 0.2) is 0 Å². The number of aliphatic hydroxyl groups excluding tert-OH is 3. The molecule has 1 heterocycles. The molecule has 1 aliphatic rings. The molecule has 0 radical (unpaired) electrons. The largest absolute Gasteiger partial charge is 0.394 e. The summed E-state index contributed by atoms with van der Waals surface area (Å²) in [5.41, 5.74) is 0. The number of ether oxygens (including phenoxy) is 1. The van der Waals surface area contributed by atoms with Crippen LogP contribution in [0.3, 0.4) is 0 Å². The third-order valence-corrected chi connectivity index (χ3v) is 3.51. The monoisotopic (exact) mass is 228 g/mol. The molecule has 0 aliphatic carbocycles. The van der Waals surface area contributed by atoms with E-state index in [1.54, 1.807) is 0 Å². The van der Waals surface area contributed by atoms with Crippen LogP contribution in [0.5, 0.6) is 0 Å². The van der Waals surface area contributed by atoms with Gasteiger partial charge in [0.05, 0.1) is 6.61 Å².